The Labute approximate surface area is 96.3 Å². The van der Waals surface area contributed by atoms with Crippen molar-refractivity contribution >= 4 is 10.9 Å². The molecule has 2 nitrogen and oxygen atoms in total. The molecular weight excluding hydrogens is 229 g/mol. The normalized spacial score (nSPS) is 13.9. The predicted octanol–water partition coefficient (Wildman–Crippen LogP) is 2.84. The van der Waals surface area contributed by atoms with Crippen LogP contribution in [0.2, 0.25) is 0 Å². The molecule has 0 fully saturated rings. The van der Waals surface area contributed by atoms with E-state index in [-0.39, 0.29) is 5.56 Å². The first-order valence-corrected chi connectivity index (χ1v) is 5.14. The summed E-state index contributed by atoms with van der Waals surface area (Å²) in [5.74, 6) is -1.65. The number of halogens is 3. The summed E-state index contributed by atoms with van der Waals surface area (Å²) in [4.78, 5) is 4.01. The van der Waals surface area contributed by atoms with Gasteiger partial charge in [0.1, 0.15) is 0 Å². The average molecular weight is 240 g/mol. The summed E-state index contributed by atoms with van der Waals surface area (Å²) in [7, 11) is 0. The van der Waals surface area contributed by atoms with Crippen LogP contribution >= 0.6 is 0 Å². The average Bonchev–Trinajstić information content (AvgIpc) is 2.28. The maximum Gasteiger partial charge on any atom is 0.397 e. The molecule has 0 spiro atoms. The molecule has 1 heterocycles. The SMILES string of the molecule is NCC(c1cnc2ccccc2c1)C(F)(F)F. The minimum absolute atomic E-state index is 0.110. The third kappa shape index (κ3) is 2.39. The smallest absolute Gasteiger partial charge is 0.330 e. The highest BCUT2D eigenvalue weighted by molar-refractivity contribution is 5.78. The lowest BCUT2D eigenvalue weighted by atomic mass is 9.99. The third-order valence-electron chi connectivity index (χ3n) is 2.64. The van der Waals surface area contributed by atoms with E-state index in [1.54, 1.807) is 24.3 Å². The summed E-state index contributed by atoms with van der Waals surface area (Å²) < 4.78 is 38.1. The van der Waals surface area contributed by atoms with Crippen molar-refractivity contribution in [3.05, 3.63) is 42.1 Å². The highest BCUT2D eigenvalue weighted by Gasteiger charge is 2.39. The molecule has 0 radical (unpaired) electrons. The maximum absolute atomic E-state index is 12.7. The molecule has 1 aromatic heterocycles. The van der Waals surface area contributed by atoms with E-state index in [1.807, 2.05) is 0 Å². The first-order valence-electron chi connectivity index (χ1n) is 5.14. The molecule has 2 rings (SSSR count). The zero-order chi connectivity index (χ0) is 12.5. The Hall–Kier alpha value is -1.62. The third-order valence-corrected chi connectivity index (χ3v) is 2.64. The van der Waals surface area contributed by atoms with E-state index in [4.69, 9.17) is 5.73 Å². The van der Waals surface area contributed by atoms with Crippen LogP contribution in [0, 0.1) is 0 Å². The van der Waals surface area contributed by atoms with Gasteiger partial charge >= 0.3 is 6.18 Å². The number of hydrogen-bond acceptors (Lipinski definition) is 2. The number of hydrogen-bond donors (Lipinski definition) is 1. The van der Waals surface area contributed by atoms with Crippen LogP contribution in [0.15, 0.2) is 36.5 Å². The Morgan fingerprint density at radius 1 is 1.24 bits per heavy atom. The van der Waals surface area contributed by atoms with Gasteiger partial charge < -0.3 is 5.73 Å². The Kier molecular flexibility index (Phi) is 3.02. The fourth-order valence-corrected chi connectivity index (χ4v) is 1.74. The van der Waals surface area contributed by atoms with Crippen LogP contribution in [0.3, 0.4) is 0 Å². The minimum Gasteiger partial charge on any atom is -0.330 e. The van der Waals surface area contributed by atoms with E-state index in [9.17, 15) is 13.2 Å². The topological polar surface area (TPSA) is 38.9 Å². The second-order valence-electron chi connectivity index (χ2n) is 3.79. The molecule has 1 aromatic carbocycles. The van der Waals surface area contributed by atoms with Gasteiger partial charge in [0, 0.05) is 18.1 Å². The number of rotatable bonds is 2. The number of nitrogens with zero attached hydrogens (tertiary/aromatic N) is 1. The van der Waals surface area contributed by atoms with Gasteiger partial charge in [0.15, 0.2) is 0 Å². The summed E-state index contributed by atoms with van der Waals surface area (Å²) in [5, 5.41) is 0.688. The summed E-state index contributed by atoms with van der Waals surface area (Å²) >= 11 is 0. The van der Waals surface area contributed by atoms with Gasteiger partial charge in [-0.15, -0.1) is 0 Å². The summed E-state index contributed by atoms with van der Waals surface area (Å²) in [6, 6.07) is 8.53. The van der Waals surface area contributed by atoms with Crippen molar-refractivity contribution in [2.45, 2.75) is 12.1 Å². The molecule has 0 saturated heterocycles. The van der Waals surface area contributed by atoms with Crippen LogP contribution < -0.4 is 5.73 Å². The largest absolute Gasteiger partial charge is 0.397 e. The number of fused-ring (bicyclic) bond motifs is 1. The van der Waals surface area contributed by atoms with Crippen molar-refractivity contribution < 1.29 is 13.2 Å². The Balaban J connectivity index is 2.48. The van der Waals surface area contributed by atoms with Gasteiger partial charge in [-0.2, -0.15) is 13.2 Å². The highest BCUT2D eigenvalue weighted by atomic mass is 19.4. The molecule has 90 valence electrons. The monoisotopic (exact) mass is 240 g/mol. The molecule has 2 aromatic rings. The van der Waals surface area contributed by atoms with Gasteiger partial charge in [0.2, 0.25) is 0 Å². The lowest BCUT2D eigenvalue weighted by Gasteiger charge is -2.18. The first-order chi connectivity index (χ1) is 8.02. The van der Waals surface area contributed by atoms with Gasteiger partial charge in [-0.25, -0.2) is 0 Å². The predicted molar refractivity (Wildman–Crippen MR) is 59.6 cm³/mol. The lowest BCUT2D eigenvalue weighted by Crippen LogP contribution is -2.28. The van der Waals surface area contributed by atoms with Crippen LogP contribution in [-0.2, 0) is 0 Å². The maximum atomic E-state index is 12.7. The number of pyridine rings is 1. The lowest BCUT2D eigenvalue weighted by molar-refractivity contribution is -0.148. The Morgan fingerprint density at radius 3 is 2.59 bits per heavy atom. The van der Waals surface area contributed by atoms with Crippen LogP contribution in [0.4, 0.5) is 13.2 Å². The van der Waals surface area contributed by atoms with Crippen molar-refractivity contribution in [1.29, 1.82) is 0 Å². The molecule has 0 aliphatic rings. The standard InChI is InChI=1S/C12H11F3N2/c13-12(14,15)10(6-16)9-5-8-3-1-2-4-11(8)17-7-9/h1-5,7,10H,6,16H2. The van der Waals surface area contributed by atoms with Gasteiger partial charge in [-0.3, -0.25) is 4.98 Å². The van der Waals surface area contributed by atoms with E-state index in [2.05, 4.69) is 4.98 Å². The van der Waals surface area contributed by atoms with Gasteiger partial charge in [-0.1, -0.05) is 18.2 Å². The summed E-state index contributed by atoms with van der Waals surface area (Å²) in [6.45, 7) is -0.469. The van der Waals surface area contributed by atoms with E-state index in [0.717, 1.165) is 0 Å². The van der Waals surface area contributed by atoms with E-state index < -0.39 is 18.6 Å². The van der Waals surface area contributed by atoms with Crippen LogP contribution in [0.1, 0.15) is 11.5 Å². The van der Waals surface area contributed by atoms with Crippen molar-refractivity contribution in [2.75, 3.05) is 6.54 Å². The van der Waals surface area contributed by atoms with Crippen molar-refractivity contribution in [3.8, 4) is 0 Å². The van der Waals surface area contributed by atoms with E-state index in [0.29, 0.717) is 10.9 Å². The molecule has 1 unspecified atom stereocenters. The summed E-state index contributed by atoms with van der Waals surface area (Å²) in [5.41, 5.74) is 5.97. The van der Waals surface area contributed by atoms with Crippen LogP contribution in [0.5, 0.6) is 0 Å². The van der Waals surface area contributed by atoms with Gasteiger partial charge in [0.25, 0.3) is 0 Å². The Morgan fingerprint density at radius 2 is 1.94 bits per heavy atom. The molecule has 1 atom stereocenters. The molecular formula is C12H11F3N2. The van der Waals surface area contributed by atoms with Crippen LogP contribution in [0.25, 0.3) is 10.9 Å². The van der Waals surface area contributed by atoms with Crippen molar-refractivity contribution in [1.82, 2.24) is 4.98 Å². The second kappa shape index (κ2) is 4.33. The number of aromatic nitrogens is 1. The number of alkyl halides is 3. The van der Waals surface area contributed by atoms with Crippen molar-refractivity contribution in [3.63, 3.8) is 0 Å². The zero-order valence-electron chi connectivity index (χ0n) is 8.91. The highest BCUT2D eigenvalue weighted by Crippen LogP contribution is 2.34. The first kappa shape index (κ1) is 11.9. The summed E-state index contributed by atoms with van der Waals surface area (Å²) in [6.07, 6.45) is -3.09. The molecule has 0 amide bonds. The molecule has 5 heteroatoms. The zero-order valence-corrected chi connectivity index (χ0v) is 8.91. The van der Waals surface area contributed by atoms with E-state index >= 15 is 0 Å². The van der Waals surface area contributed by atoms with Crippen molar-refractivity contribution in [2.24, 2.45) is 5.73 Å². The molecule has 0 saturated carbocycles. The number of benzene rings is 1. The number of nitrogens with two attached hydrogens (primary N) is 1. The quantitative estimate of drug-likeness (QED) is 0.876. The molecule has 0 bridgehead atoms. The fraction of sp³-hybridized carbons (Fsp3) is 0.250. The molecule has 2 N–H and O–H groups in total. The van der Waals surface area contributed by atoms with Gasteiger partial charge in [-0.05, 0) is 17.7 Å². The number of para-hydroxylation sites is 1. The van der Waals surface area contributed by atoms with Crippen LogP contribution in [-0.4, -0.2) is 17.7 Å². The molecule has 17 heavy (non-hydrogen) atoms. The fourth-order valence-electron chi connectivity index (χ4n) is 1.74. The molecule has 0 aliphatic heterocycles. The second-order valence-corrected chi connectivity index (χ2v) is 3.79. The molecule has 0 aliphatic carbocycles. The minimum atomic E-state index is -4.33. The van der Waals surface area contributed by atoms with Gasteiger partial charge in [0.05, 0.1) is 11.4 Å². The Bertz CT molecular complexity index is 522. The van der Waals surface area contributed by atoms with E-state index in [1.165, 1.54) is 12.3 Å².